The molecule has 2 aromatic rings. The maximum absolute atomic E-state index is 9.05. The van der Waals surface area contributed by atoms with E-state index in [0.29, 0.717) is 24.1 Å². The normalized spacial score (nSPS) is 10.1. The predicted molar refractivity (Wildman–Crippen MR) is 67.8 cm³/mol. The minimum atomic E-state index is -0.0103. The Kier molecular flexibility index (Phi) is 4.15. The third kappa shape index (κ3) is 3.21. The number of hydrogen-bond acceptors (Lipinski definition) is 4. The molecule has 0 bridgehead atoms. The first-order chi connectivity index (χ1) is 8.81. The molecule has 0 aliphatic carbocycles. The molecule has 0 saturated carbocycles. The van der Waals surface area contributed by atoms with Crippen LogP contribution in [0.1, 0.15) is 12.5 Å². The molecule has 94 valence electrons. The summed E-state index contributed by atoms with van der Waals surface area (Å²) in [4.78, 5) is 4.21. The summed E-state index contributed by atoms with van der Waals surface area (Å²) in [5, 5.41) is 9.05. The Balaban J connectivity index is 2.14. The maximum Gasteiger partial charge on any atom is 0.222 e. The van der Waals surface area contributed by atoms with Crippen molar-refractivity contribution < 1.29 is 14.6 Å². The Morgan fingerprint density at radius 2 is 1.89 bits per heavy atom. The summed E-state index contributed by atoms with van der Waals surface area (Å²) in [5.74, 6) is 1.65. The number of aliphatic hydroxyl groups is 1. The van der Waals surface area contributed by atoms with Gasteiger partial charge in [-0.15, -0.1) is 0 Å². The van der Waals surface area contributed by atoms with E-state index in [9.17, 15) is 0 Å². The summed E-state index contributed by atoms with van der Waals surface area (Å²) in [6.45, 7) is 2.46. The average Bonchev–Trinajstić information content (AvgIpc) is 2.40. The van der Waals surface area contributed by atoms with Gasteiger partial charge in [0.1, 0.15) is 5.75 Å². The van der Waals surface area contributed by atoms with Crippen molar-refractivity contribution in [2.45, 2.75) is 13.5 Å². The van der Waals surface area contributed by atoms with E-state index in [1.54, 1.807) is 18.2 Å². The van der Waals surface area contributed by atoms with E-state index < -0.39 is 0 Å². The fraction of sp³-hybridized carbons (Fsp3) is 0.214. The second kappa shape index (κ2) is 6.02. The first kappa shape index (κ1) is 12.4. The van der Waals surface area contributed by atoms with Gasteiger partial charge in [-0.2, -0.15) is 4.98 Å². The van der Waals surface area contributed by atoms with Gasteiger partial charge in [-0.25, -0.2) is 0 Å². The van der Waals surface area contributed by atoms with Crippen molar-refractivity contribution in [3.05, 3.63) is 48.0 Å². The first-order valence-electron chi connectivity index (χ1n) is 5.79. The van der Waals surface area contributed by atoms with Gasteiger partial charge in [-0.05, 0) is 24.6 Å². The fourth-order valence-electron chi connectivity index (χ4n) is 1.51. The number of rotatable bonds is 5. The lowest BCUT2D eigenvalue weighted by atomic mass is 10.2. The van der Waals surface area contributed by atoms with Gasteiger partial charge in [0, 0.05) is 12.1 Å². The molecule has 0 aliphatic rings. The van der Waals surface area contributed by atoms with Crippen LogP contribution in [-0.4, -0.2) is 16.7 Å². The number of nitrogens with zero attached hydrogens (tertiary/aromatic N) is 1. The Hall–Kier alpha value is -2.07. The summed E-state index contributed by atoms with van der Waals surface area (Å²) < 4.78 is 10.9. The zero-order valence-electron chi connectivity index (χ0n) is 10.2. The largest absolute Gasteiger partial charge is 0.478 e. The zero-order valence-corrected chi connectivity index (χ0v) is 10.2. The molecule has 0 fully saturated rings. The lowest BCUT2D eigenvalue weighted by Crippen LogP contribution is -1.95. The highest BCUT2D eigenvalue weighted by molar-refractivity contribution is 5.32. The van der Waals surface area contributed by atoms with Crippen LogP contribution in [0.25, 0.3) is 0 Å². The molecule has 2 rings (SSSR count). The molecule has 0 spiro atoms. The smallest absolute Gasteiger partial charge is 0.222 e. The molecule has 4 heteroatoms. The van der Waals surface area contributed by atoms with Crippen molar-refractivity contribution in [2.75, 3.05) is 6.61 Å². The molecule has 0 aliphatic heterocycles. The molecule has 0 unspecified atom stereocenters. The van der Waals surface area contributed by atoms with Crippen LogP contribution in [-0.2, 0) is 6.61 Å². The Morgan fingerprint density at radius 1 is 1.11 bits per heavy atom. The highest BCUT2D eigenvalue weighted by Crippen LogP contribution is 2.22. The lowest BCUT2D eigenvalue weighted by Gasteiger charge is -2.07. The van der Waals surface area contributed by atoms with Gasteiger partial charge >= 0.3 is 0 Å². The van der Waals surface area contributed by atoms with Gasteiger partial charge in [-0.3, -0.25) is 0 Å². The molecule has 0 atom stereocenters. The SMILES string of the molecule is CCOc1cccc(Oc2cccc(CO)c2)n1. The second-order valence-corrected chi connectivity index (χ2v) is 3.65. The minimum absolute atomic E-state index is 0.0103. The van der Waals surface area contributed by atoms with Crippen molar-refractivity contribution in [2.24, 2.45) is 0 Å². The number of ether oxygens (including phenoxy) is 2. The number of aliphatic hydroxyl groups excluding tert-OH is 1. The van der Waals surface area contributed by atoms with Crippen LogP contribution in [0.3, 0.4) is 0 Å². The van der Waals surface area contributed by atoms with Crippen molar-refractivity contribution in [3.8, 4) is 17.5 Å². The minimum Gasteiger partial charge on any atom is -0.478 e. The molecule has 0 saturated heterocycles. The summed E-state index contributed by atoms with van der Waals surface area (Å²) in [7, 11) is 0. The van der Waals surface area contributed by atoms with E-state index in [1.807, 2.05) is 31.2 Å². The van der Waals surface area contributed by atoms with E-state index >= 15 is 0 Å². The van der Waals surface area contributed by atoms with Crippen LogP contribution in [0.5, 0.6) is 17.5 Å². The summed E-state index contributed by atoms with van der Waals surface area (Å²) in [5.41, 5.74) is 0.800. The van der Waals surface area contributed by atoms with Crippen molar-refractivity contribution in [1.82, 2.24) is 4.98 Å². The number of benzene rings is 1. The van der Waals surface area contributed by atoms with Crippen molar-refractivity contribution in [3.63, 3.8) is 0 Å². The van der Waals surface area contributed by atoms with Gasteiger partial charge in [0.25, 0.3) is 0 Å². The molecular weight excluding hydrogens is 230 g/mol. The van der Waals surface area contributed by atoms with E-state index in [4.69, 9.17) is 14.6 Å². The molecule has 1 aromatic heterocycles. The van der Waals surface area contributed by atoms with Crippen molar-refractivity contribution in [1.29, 1.82) is 0 Å². The van der Waals surface area contributed by atoms with Crippen LogP contribution in [0, 0.1) is 0 Å². The third-order valence-corrected chi connectivity index (χ3v) is 2.29. The lowest BCUT2D eigenvalue weighted by molar-refractivity contribution is 0.281. The van der Waals surface area contributed by atoms with Crippen LogP contribution in [0.4, 0.5) is 0 Å². The third-order valence-electron chi connectivity index (χ3n) is 2.29. The van der Waals surface area contributed by atoms with E-state index in [1.165, 1.54) is 0 Å². The predicted octanol–water partition coefficient (Wildman–Crippen LogP) is 2.76. The van der Waals surface area contributed by atoms with Gasteiger partial charge in [-0.1, -0.05) is 18.2 Å². The molecule has 4 nitrogen and oxygen atoms in total. The summed E-state index contributed by atoms with van der Waals surface area (Å²) >= 11 is 0. The molecule has 1 aromatic carbocycles. The van der Waals surface area contributed by atoms with Crippen LogP contribution in [0.15, 0.2) is 42.5 Å². The Morgan fingerprint density at radius 3 is 2.67 bits per heavy atom. The molecule has 1 N–H and O–H groups in total. The van der Waals surface area contributed by atoms with Gasteiger partial charge in [0.15, 0.2) is 0 Å². The quantitative estimate of drug-likeness (QED) is 0.880. The standard InChI is InChI=1S/C14H15NO3/c1-2-17-13-7-4-8-14(15-13)18-12-6-3-5-11(9-12)10-16/h3-9,16H,2,10H2,1H3. The van der Waals surface area contributed by atoms with Crippen LogP contribution < -0.4 is 9.47 Å². The van der Waals surface area contributed by atoms with E-state index in [0.717, 1.165) is 5.56 Å². The summed E-state index contributed by atoms with van der Waals surface area (Å²) in [6.07, 6.45) is 0. The molecule has 18 heavy (non-hydrogen) atoms. The highest BCUT2D eigenvalue weighted by atomic mass is 16.5. The Bertz CT molecular complexity index is 514. The van der Waals surface area contributed by atoms with Crippen LogP contribution >= 0.6 is 0 Å². The number of hydrogen-bond donors (Lipinski definition) is 1. The van der Waals surface area contributed by atoms with Gasteiger partial charge < -0.3 is 14.6 Å². The molecule has 0 radical (unpaired) electrons. The first-order valence-corrected chi connectivity index (χ1v) is 5.79. The monoisotopic (exact) mass is 245 g/mol. The van der Waals surface area contributed by atoms with Crippen molar-refractivity contribution >= 4 is 0 Å². The summed E-state index contributed by atoms with van der Waals surface area (Å²) in [6, 6.07) is 12.6. The van der Waals surface area contributed by atoms with E-state index in [-0.39, 0.29) is 6.61 Å². The second-order valence-electron chi connectivity index (χ2n) is 3.65. The topological polar surface area (TPSA) is 51.6 Å². The molecule has 0 amide bonds. The van der Waals surface area contributed by atoms with Gasteiger partial charge in [0.05, 0.1) is 13.2 Å². The molecule has 1 heterocycles. The Labute approximate surface area is 106 Å². The number of pyridine rings is 1. The molecular formula is C14H15NO3. The van der Waals surface area contributed by atoms with Crippen LogP contribution in [0.2, 0.25) is 0 Å². The maximum atomic E-state index is 9.05. The average molecular weight is 245 g/mol. The fourth-order valence-corrected chi connectivity index (χ4v) is 1.51. The number of aromatic nitrogens is 1. The zero-order chi connectivity index (χ0) is 12.8. The van der Waals surface area contributed by atoms with E-state index in [2.05, 4.69) is 4.98 Å². The highest BCUT2D eigenvalue weighted by Gasteiger charge is 2.01. The van der Waals surface area contributed by atoms with Gasteiger partial charge in [0.2, 0.25) is 11.8 Å².